The zero-order valence-electron chi connectivity index (χ0n) is 16.0. The molecule has 2 rings (SSSR count). The van der Waals surface area contributed by atoms with Gasteiger partial charge < -0.3 is 20.6 Å². The van der Waals surface area contributed by atoms with Gasteiger partial charge in [0.1, 0.15) is 6.54 Å². The lowest BCUT2D eigenvalue weighted by Gasteiger charge is -2.21. The van der Waals surface area contributed by atoms with Crippen molar-refractivity contribution in [1.82, 2.24) is 10.2 Å². The fourth-order valence-electron chi connectivity index (χ4n) is 2.67. The first-order valence-corrected chi connectivity index (χ1v) is 9.07. The Morgan fingerprint density at radius 3 is 2.39 bits per heavy atom. The predicted molar refractivity (Wildman–Crippen MR) is 107 cm³/mol. The molecule has 0 aliphatic heterocycles. The second-order valence-electron chi connectivity index (χ2n) is 6.69. The molecule has 0 bridgehead atoms. The number of hydrogen-bond acceptors (Lipinski definition) is 3. The standard InChI is InChI=1S/C21H25N3O4/c1-15(2)22-21(28)23-18-10-6-9-17(13-18)20(27)24(14-19(25)26)12-11-16-7-4-3-5-8-16/h3-10,13,15H,11-12,14H2,1-2H3,(H,25,26)(H2,22,23,28). The molecule has 7 heteroatoms. The largest absolute Gasteiger partial charge is 0.480 e. The highest BCUT2D eigenvalue weighted by molar-refractivity contribution is 5.98. The van der Waals surface area contributed by atoms with Crippen molar-refractivity contribution in [3.63, 3.8) is 0 Å². The summed E-state index contributed by atoms with van der Waals surface area (Å²) in [6.07, 6.45) is 0.550. The van der Waals surface area contributed by atoms with E-state index in [2.05, 4.69) is 10.6 Å². The molecule has 0 radical (unpaired) electrons. The van der Waals surface area contributed by atoms with Crippen molar-refractivity contribution in [3.8, 4) is 0 Å². The first-order chi connectivity index (χ1) is 13.3. The van der Waals surface area contributed by atoms with Gasteiger partial charge in [0.25, 0.3) is 5.91 Å². The molecule has 0 aliphatic rings. The number of anilines is 1. The number of urea groups is 1. The zero-order chi connectivity index (χ0) is 20.5. The summed E-state index contributed by atoms with van der Waals surface area (Å²) in [5.41, 5.74) is 1.80. The molecule has 3 N–H and O–H groups in total. The van der Waals surface area contributed by atoms with Gasteiger partial charge in [-0.15, -0.1) is 0 Å². The lowest BCUT2D eigenvalue weighted by atomic mass is 10.1. The van der Waals surface area contributed by atoms with Crippen LogP contribution in [0.25, 0.3) is 0 Å². The second kappa shape index (κ2) is 10.1. The third-order valence-electron chi connectivity index (χ3n) is 3.91. The van der Waals surface area contributed by atoms with Crippen molar-refractivity contribution in [2.45, 2.75) is 26.3 Å². The Balaban J connectivity index is 2.11. The van der Waals surface area contributed by atoms with E-state index in [1.165, 1.54) is 4.90 Å². The number of nitrogens with one attached hydrogen (secondary N) is 2. The smallest absolute Gasteiger partial charge is 0.323 e. The third kappa shape index (κ3) is 6.75. The monoisotopic (exact) mass is 383 g/mol. The Morgan fingerprint density at radius 1 is 1.04 bits per heavy atom. The highest BCUT2D eigenvalue weighted by Gasteiger charge is 2.19. The minimum atomic E-state index is -1.08. The van der Waals surface area contributed by atoms with Crippen molar-refractivity contribution in [1.29, 1.82) is 0 Å². The van der Waals surface area contributed by atoms with Crippen LogP contribution >= 0.6 is 0 Å². The van der Waals surface area contributed by atoms with Crippen LogP contribution in [-0.2, 0) is 11.2 Å². The van der Waals surface area contributed by atoms with E-state index in [1.807, 2.05) is 44.2 Å². The predicted octanol–water partition coefficient (Wildman–Crippen LogP) is 2.99. The molecule has 0 aliphatic carbocycles. The molecule has 2 aromatic carbocycles. The van der Waals surface area contributed by atoms with Crippen LogP contribution in [0.4, 0.5) is 10.5 Å². The minimum Gasteiger partial charge on any atom is -0.480 e. The van der Waals surface area contributed by atoms with Crippen molar-refractivity contribution in [2.75, 3.05) is 18.4 Å². The van der Waals surface area contributed by atoms with Gasteiger partial charge >= 0.3 is 12.0 Å². The maximum atomic E-state index is 12.9. The minimum absolute atomic E-state index is 0.0196. The van der Waals surface area contributed by atoms with Crippen LogP contribution in [0.3, 0.4) is 0 Å². The number of hydrogen-bond donors (Lipinski definition) is 3. The lowest BCUT2D eigenvalue weighted by Crippen LogP contribution is -2.37. The summed E-state index contributed by atoms with van der Waals surface area (Å²) >= 11 is 0. The van der Waals surface area contributed by atoms with Crippen molar-refractivity contribution in [3.05, 3.63) is 65.7 Å². The Morgan fingerprint density at radius 2 is 1.75 bits per heavy atom. The Kier molecular flexibility index (Phi) is 7.56. The fourth-order valence-corrected chi connectivity index (χ4v) is 2.67. The molecule has 2 aromatic rings. The molecule has 0 saturated carbocycles. The summed E-state index contributed by atoms with van der Waals surface area (Å²) in [7, 11) is 0. The van der Waals surface area contributed by atoms with Gasteiger partial charge in [-0.2, -0.15) is 0 Å². The van der Waals surface area contributed by atoms with Gasteiger partial charge in [-0.25, -0.2) is 4.79 Å². The van der Waals surface area contributed by atoms with Crippen LogP contribution in [0.5, 0.6) is 0 Å². The number of amides is 3. The van der Waals surface area contributed by atoms with Gasteiger partial charge in [0.2, 0.25) is 0 Å². The number of benzene rings is 2. The van der Waals surface area contributed by atoms with E-state index in [4.69, 9.17) is 0 Å². The maximum absolute atomic E-state index is 12.9. The van der Waals surface area contributed by atoms with Gasteiger partial charge in [-0.3, -0.25) is 9.59 Å². The first kappa shape index (κ1) is 21.0. The number of carboxylic acid groups (broad SMARTS) is 1. The molecular weight excluding hydrogens is 358 g/mol. The molecule has 3 amide bonds. The molecule has 148 valence electrons. The van der Waals surface area contributed by atoms with E-state index in [1.54, 1.807) is 24.3 Å². The second-order valence-corrected chi connectivity index (χ2v) is 6.69. The molecule has 0 fully saturated rings. The average molecular weight is 383 g/mol. The Labute approximate surface area is 164 Å². The normalized spacial score (nSPS) is 10.4. The Hall–Kier alpha value is -3.35. The molecule has 7 nitrogen and oxygen atoms in total. The quantitative estimate of drug-likeness (QED) is 0.653. The summed E-state index contributed by atoms with van der Waals surface area (Å²) in [6.45, 7) is 3.57. The molecule has 0 atom stereocenters. The highest BCUT2D eigenvalue weighted by Crippen LogP contribution is 2.14. The molecule has 0 heterocycles. The fraction of sp³-hybridized carbons (Fsp3) is 0.286. The summed E-state index contributed by atoms with van der Waals surface area (Å²) in [6, 6.07) is 15.6. The molecule has 0 unspecified atom stereocenters. The van der Waals surface area contributed by atoms with E-state index in [9.17, 15) is 19.5 Å². The number of rotatable bonds is 8. The number of carboxylic acids is 1. The van der Waals surface area contributed by atoms with Gasteiger partial charge in [-0.1, -0.05) is 36.4 Å². The summed E-state index contributed by atoms with van der Waals surface area (Å²) in [4.78, 5) is 37.2. The third-order valence-corrected chi connectivity index (χ3v) is 3.91. The van der Waals surface area contributed by atoms with Crippen LogP contribution < -0.4 is 10.6 Å². The van der Waals surface area contributed by atoms with E-state index in [0.29, 0.717) is 17.7 Å². The molecule has 28 heavy (non-hydrogen) atoms. The van der Waals surface area contributed by atoms with Crippen molar-refractivity contribution < 1.29 is 19.5 Å². The van der Waals surface area contributed by atoms with Crippen molar-refractivity contribution >= 4 is 23.6 Å². The molecule has 0 saturated heterocycles. The van der Waals surface area contributed by atoms with Crippen LogP contribution in [0, 0.1) is 0 Å². The lowest BCUT2D eigenvalue weighted by molar-refractivity contribution is -0.137. The molecular formula is C21H25N3O4. The number of aliphatic carboxylic acids is 1. The van der Waals surface area contributed by atoms with E-state index in [0.717, 1.165) is 5.56 Å². The van der Waals surface area contributed by atoms with Crippen LogP contribution in [0.15, 0.2) is 54.6 Å². The number of nitrogens with zero attached hydrogens (tertiary/aromatic N) is 1. The summed E-state index contributed by atoms with van der Waals surface area (Å²) in [5.74, 6) is -1.47. The maximum Gasteiger partial charge on any atom is 0.323 e. The SMILES string of the molecule is CC(C)NC(=O)Nc1cccc(C(=O)N(CCc2ccccc2)CC(=O)O)c1. The van der Waals surface area contributed by atoms with Crippen LogP contribution in [-0.4, -0.2) is 47.0 Å². The molecule has 0 aromatic heterocycles. The highest BCUT2D eigenvalue weighted by atomic mass is 16.4. The summed E-state index contributed by atoms with van der Waals surface area (Å²) in [5, 5.41) is 14.5. The molecule has 0 spiro atoms. The van der Waals surface area contributed by atoms with E-state index in [-0.39, 0.29) is 18.6 Å². The van der Waals surface area contributed by atoms with Crippen LogP contribution in [0.1, 0.15) is 29.8 Å². The van der Waals surface area contributed by atoms with Crippen molar-refractivity contribution in [2.24, 2.45) is 0 Å². The number of carbonyl (C=O) groups is 3. The van der Waals surface area contributed by atoms with Gasteiger partial charge in [-0.05, 0) is 44.0 Å². The van der Waals surface area contributed by atoms with E-state index >= 15 is 0 Å². The summed E-state index contributed by atoms with van der Waals surface area (Å²) < 4.78 is 0. The average Bonchev–Trinajstić information content (AvgIpc) is 2.64. The van der Waals surface area contributed by atoms with Gasteiger partial charge in [0.05, 0.1) is 0 Å². The number of carbonyl (C=O) groups excluding carboxylic acids is 2. The topological polar surface area (TPSA) is 98.7 Å². The zero-order valence-corrected chi connectivity index (χ0v) is 16.0. The van der Waals surface area contributed by atoms with Gasteiger partial charge in [0.15, 0.2) is 0 Å². The first-order valence-electron chi connectivity index (χ1n) is 9.07. The van der Waals surface area contributed by atoms with Crippen LogP contribution in [0.2, 0.25) is 0 Å². The van der Waals surface area contributed by atoms with E-state index < -0.39 is 18.4 Å². The Bertz CT molecular complexity index is 821. The van der Waals surface area contributed by atoms with Gasteiger partial charge in [0, 0.05) is 23.8 Å².